The fourth-order valence-electron chi connectivity index (χ4n) is 2.80. The summed E-state index contributed by atoms with van der Waals surface area (Å²) >= 11 is 0. The molecule has 0 bridgehead atoms. The molecule has 0 aliphatic heterocycles. The zero-order valence-corrected chi connectivity index (χ0v) is 21.8. The Bertz CT molecular complexity index is 409. The highest BCUT2D eigenvalue weighted by Gasteiger charge is 2.42. The summed E-state index contributed by atoms with van der Waals surface area (Å²) < 4.78 is 44.9. The van der Waals surface area contributed by atoms with Gasteiger partial charge in [0.15, 0.2) is 16.6 Å². The van der Waals surface area contributed by atoms with Crippen molar-refractivity contribution in [1.29, 1.82) is 0 Å². The van der Waals surface area contributed by atoms with Crippen molar-refractivity contribution in [2.75, 3.05) is 24.7 Å². The monoisotopic (exact) mass is 442 g/mol. The van der Waals surface area contributed by atoms with E-state index >= 15 is 0 Å². The molecule has 158 valence electrons. The molecule has 0 rings (SSSR count). The minimum Gasteiger partial charge on any atom is -0.416 e. The molecular weight excluding hydrogens is 393 g/mol. The summed E-state index contributed by atoms with van der Waals surface area (Å²) in [5.74, 6) is 1.70. The van der Waals surface area contributed by atoms with E-state index in [-0.39, 0.29) is 36.2 Å². The third-order valence-corrected chi connectivity index (χ3v) is 16.2. The lowest BCUT2D eigenvalue weighted by atomic mass is 10.1. The molecule has 0 atom stereocenters. The number of hydrogen-bond donors (Lipinski definition) is 0. The molecule has 0 N–H and O–H groups in total. The molecule has 0 aliphatic carbocycles. The van der Waals surface area contributed by atoms with E-state index in [9.17, 15) is 0 Å². The average Bonchev–Trinajstić information content (AvgIpc) is 2.80. The van der Waals surface area contributed by atoms with Crippen LogP contribution in [0, 0.1) is 0 Å². The fraction of sp³-hybridized carbons (Fsp3) is 1.00. The zero-order valence-electron chi connectivity index (χ0n) is 22.1. The smallest absolute Gasteiger partial charge is 0.192 e. The SMILES string of the molecule is [2H]C[Si](C[2H])(OCCSSCCO[Si](C[2H])(C[2H])C(C)(CC)CC)C(C)(CC)CC. The number of hydrogen-bond acceptors (Lipinski definition) is 4. The first kappa shape index (κ1) is 20.3. The summed E-state index contributed by atoms with van der Waals surface area (Å²) in [7, 11) is -1.26. The lowest BCUT2D eigenvalue weighted by Crippen LogP contribution is -2.44. The van der Waals surface area contributed by atoms with Crippen molar-refractivity contribution in [3.63, 3.8) is 0 Å². The third kappa shape index (κ3) is 7.47. The van der Waals surface area contributed by atoms with E-state index in [4.69, 9.17) is 14.3 Å². The zero-order chi connectivity index (χ0) is 23.3. The van der Waals surface area contributed by atoms with E-state index in [2.05, 4.69) is 41.5 Å². The van der Waals surface area contributed by atoms with Gasteiger partial charge in [0.1, 0.15) is 0 Å². The Labute approximate surface area is 180 Å². The maximum Gasteiger partial charge on any atom is 0.192 e. The van der Waals surface area contributed by atoms with E-state index < -0.39 is 16.6 Å². The van der Waals surface area contributed by atoms with Crippen molar-refractivity contribution in [1.82, 2.24) is 0 Å². The van der Waals surface area contributed by atoms with Gasteiger partial charge in [-0.1, -0.05) is 88.8 Å². The molecule has 0 heterocycles. The first-order chi connectivity index (χ1) is 14.2. The van der Waals surface area contributed by atoms with Gasteiger partial charge in [0.05, 0.1) is 0 Å². The van der Waals surface area contributed by atoms with Gasteiger partial charge >= 0.3 is 0 Å². The number of rotatable bonds is 15. The van der Waals surface area contributed by atoms with Gasteiger partial charge in [-0.15, -0.1) is 0 Å². The highest BCUT2D eigenvalue weighted by atomic mass is 33.1. The largest absolute Gasteiger partial charge is 0.416 e. The summed E-state index contributed by atoms with van der Waals surface area (Å²) in [6, 6.07) is 0. The fourth-order valence-corrected chi connectivity index (χ4v) is 9.01. The first-order valence-electron chi connectivity index (χ1n) is 12.7. The molecule has 0 saturated carbocycles. The molecule has 0 aromatic rings. The molecule has 0 spiro atoms. The molecule has 0 aliphatic rings. The average molecular weight is 443 g/mol. The van der Waals surface area contributed by atoms with Crippen LogP contribution in [0.25, 0.3) is 0 Å². The molecular formula is C20H46O2S2Si2. The van der Waals surface area contributed by atoms with Gasteiger partial charge in [0, 0.05) is 30.2 Å². The van der Waals surface area contributed by atoms with E-state index in [0.717, 1.165) is 37.2 Å². The van der Waals surface area contributed by atoms with Crippen LogP contribution in [0.4, 0.5) is 0 Å². The summed E-state index contributed by atoms with van der Waals surface area (Å²) in [4.78, 5) is 0. The molecule has 6 heteroatoms. The molecule has 2 nitrogen and oxygen atoms in total. The third-order valence-electron chi connectivity index (χ3n) is 6.49. The van der Waals surface area contributed by atoms with Crippen LogP contribution in [0.1, 0.15) is 72.7 Å². The van der Waals surface area contributed by atoms with Crippen molar-refractivity contribution in [2.24, 2.45) is 0 Å². The first-order valence-corrected chi connectivity index (χ1v) is 17.0. The second kappa shape index (κ2) is 11.9. The molecule has 0 unspecified atom stereocenters. The van der Waals surface area contributed by atoms with Gasteiger partial charge in [-0.25, -0.2) is 0 Å². The molecule has 26 heavy (non-hydrogen) atoms. The molecule has 0 aromatic heterocycles. The van der Waals surface area contributed by atoms with Crippen LogP contribution < -0.4 is 0 Å². The second-order valence-electron chi connectivity index (χ2n) is 7.86. The lowest BCUT2D eigenvalue weighted by Gasteiger charge is -2.41. The van der Waals surface area contributed by atoms with Crippen molar-refractivity contribution in [2.45, 2.75) is 103 Å². The predicted molar refractivity (Wildman–Crippen MR) is 130 cm³/mol. The van der Waals surface area contributed by atoms with E-state index in [1.54, 1.807) is 21.6 Å². The van der Waals surface area contributed by atoms with Crippen molar-refractivity contribution >= 4 is 38.2 Å². The van der Waals surface area contributed by atoms with Crippen LogP contribution in [0.2, 0.25) is 36.2 Å². The van der Waals surface area contributed by atoms with Gasteiger partial charge in [0.25, 0.3) is 0 Å². The van der Waals surface area contributed by atoms with Gasteiger partial charge in [-0.2, -0.15) is 0 Å². The van der Waals surface area contributed by atoms with Crippen LogP contribution >= 0.6 is 21.6 Å². The minimum absolute atomic E-state index is 0.00612. The highest BCUT2D eigenvalue weighted by Crippen LogP contribution is 2.45. The summed E-state index contributed by atoms with van der Waals surface area (Å²) in [5, 5.41) is -0.0122. The van der Waals surface area contributed by atoms with E-state index in [1.165, 1.54) is 0 Å². The van der Waals surface area contributed by atoms with Gasteiger partial charge in [0.2, 0.25) is 0 Å². The Morgan fingerprint density at radius 1 is 0.692 bits per heavy atom. The van der Waals surface area contributed by atoms with Crippen LogP contribution in [0.5, 0.6) is 0 Å². The topological polar surface area (TPSA) is 18.5 Å². The summed E-state index contributed by atoms with van der Waals surface area (Å²) in [6.45, 7) is 15.3. The van der Waals surface area contributed by atoms with Gasteiger partial charge in [-0.3, -0.25) is 0 Å². The Morgan fingerprint density at radius 2 is 1.00 bits per heavy atom. The standard InChI is InChI=1S/C20H46O2S2Si2/c1-11-19(5,12-2)25(7,8)21-15-17-23-24-18-16-22-26(9,10)20(6,13-3)14-4/h11-18H2,1-10H3/i7D,8D,9D,10D. The van der Waals surface area contributed by atoms with Crippen molar-refractivity contribution in [3.05, 3.63) is 0 Å². The van der Waals surface area contributed by atoms with Crippen LogP contribution in [-0.2, 0) is 8.85 Å². The van der Waals surface area contributed by atoms with Gasteiger partial charge < -0.3 is 8.85 Å². The van der Waals surface area contributed by atoms with Gasteiger partial charge in [-0.05, 0) is 36.2 Å². The summed E-state index contributed by atoms with van der Waals surface area (Å²) in [6.07, 6.45) is 3.88. The Balaban J connectivity index is 4.48. The molecule has 0 aromatic carbocycles. The van der Waals surface area contributed by atoms with E-state index in [1.807, 2.05) is 0 Å². The van der Waals surface area contributed by atoms with Crippen LogP contribution in [-0.4, -0.2) is 41.4 Å². The van der Waals surface area contributed by atoms with Crippen molar-refractivity contribution < 1.29 is 14.3 Å². The maximum atomic E-state index is 8.08. The quantitative estimate of drug-likeness (QED) is 0.145. The minimum atomic E-state index is -2.39. The van der Waals surface area contributed by atoms with Crippen LogP contribution in [0.3, 0.4) is 0 Å². The lowest BCUT2D eigenvalue weighted by molar-refractivity contribution is 0.296. The normalized spacial score (nSPS) is 16.1. The predicted octanol–water partition coefficient (Wildman–Crippen LogP) is 7.97. The maximum absolute atomic E-state index is 8.08. The second-order valence-corrected chi connectivity index (χ2v) is 17.5. The summed E-state index contributed by atoms with van der Waals surface area (Å²) in [5.41, 5.74) is 0. The molecule has 0 radical (unpaired) electrons. The Hall–Kier alpha value is 1.05. The molecule has 0 fully saturated rings. The molecule has 0 amide bonds. The molecule has 0 saturated heterocycles. The Kier molecular flexibility index (Phi) is 9.31. The van der Waals surface area contributed by atoms with E-state index in [0.29, 0.717) is 13.2 Å². The van der Waals surface area contributed by atoms with Crippen molar-refractivity contribution in [3.8, 4) is 0 Å². The Morgan fingerprint density at radius 3 is 1.23 bits per heavy atom. The highest BCUT2D eigenvalue weighted by molar-refractivity contribution is 8.76. The van der Waals surface area contributed by atoms with Crippen LogP contribution in [0.15, 0.2) is 0 Å².